The van der Waals surface area contributed by atoms with Crippen LogP contribution in [0.5, 0.6) is 0 Å². The molecule has 0 aliphatic carbocycles. The number of amides is 1. The van der Waals surface area contributed by atoms with Crippen LogP contribution in [0.4, 0.5) is 5.69 Å². The lowest BCUT2D eigenvalue weighted by molar-refractivity contribution is -0.117. The van der Waals surface area contributed by atoms with Gasteiger partial charge in [0.2, 0.25) is 5.91 Å². The molecular weight excluding hydrogens is 228 g/mol. The number of nitrogens with one attached hydrogen (secondary N) is 2. The smallest absolute Gasteiger partial charge is 0.241 e. The Balaban J connectivity index is 1.81. The maximum Gasteiger partial charge on any atom is 0.241 e. The molecule has 1 aliphatic heterocycles. The number of carbonyl (C=O) groups is 1. The lowest BCUT2D eigenvalue weighted by Crippen LogP contribution is -2.35. The monoisotopic (exact) mass is 244 g/mol. The summed E-state index contributed by atoms with van der Waals surface area (Å²) in [5, 5.41) is 11.4. The van der Waals surface area contributed by atoms with Gasteiger partial charge < -0.3 is 10.6 Å². The standard InChI is InChI=1S/C13H16N4O/c1-17-12-7-10(5-4-9(12)8-15-17)16-13(18)11-3-2-6-14-11/h4-5,7-8,11,14H,2-3,6H2,1H3,(H,16,18). The third-order valence-electron chi connectivity index (χ3n) is 3.39. The number of carbonyl (C=O) groups excluding carboxylic acids is 1. The van der Waals surface area contributed by atoms with E-state index >= 15 is 0 Å². The zero-order valence-corrected chi connectivity index (χ0v) is 10.3. The fourth-order valence-corrected chi connectivity index (χ4v) is 2.36. The first-order valence-electron chi connectivity index (χ1n) is 6.20. The molecule has 5 nitrogen and oxygen atoms in total. The van der Waals surface area contributed by atoms with E-state index in [9.17, 15) is 4.79 Å². The summed E-state index contributed by atoms with van der Waals surface area (Å²) in [6, 6.07) is 5.79. The van der Waals surface area contributed by atoms with Crippen LogP contribution in [-0.2, 0) is 11.8 Å². The Morgan fingerprint density at radius 3 is 3.22 bits per heavy atom. The van der Waals surface area contributed by atoms with Crippen LogP contribution in [0.2, 0.25) is 0 Å². The summed E-state index contributed by atoms with van der Waals surface area (Å²) in [5.74, 6) is 0.0500. The molecule has 0 spiro atoms. The van der Waals surface area contributed by atoms with Crippen molar-refractivity contribution in [3.05, 3.63) is 24.4 Å². The van der Waals surface area contributed by atoms with E-state index in [-0.39, 0.29) is 11.9 Å². The summed E-state index contributed by atoms with van der Waals surface area (Å²) in [7, 11) is 1.90. The van der Waals surface area contributed by atoms with Gasteiger partial charge in [-0.3, -0.25) is 9.48 Å². The van der Waals surface area contributed by atoms with E-state index in [0.29, 0.717) is 0 Å². The first-order valence-corrected chi connectivity index (χ1v) is 6.20. The summed E-state index contributed by atoms with van der Waals surface area (Å²) >= 11 is 0. The van der Waals surface area contributed by atoms with Gasteiger partial charge >= 0.3 is 0 Å². The normalized spacial score (nSPS) is 19.3. The molecule has 2 aromatic rings. The van der Waals surface area contributed by atoms with Crippen LogP contribution in [0, 0.1) is 0 Å². The largest absolute Gasteiger partial charge is 0.325 e. The number of anilines is 1. The van der Waals surface area contributed by atoms with Crippen molar-refractivity contribution < 1.29 is 4.79 Å². The highest BCUT2D eigenvalue weighted by Gasteiger charge is 2.21. The lowest BCUT2D eigenvalue weighted by Gasteiger charge is -2.11. The molecule has 1 aromatic carbocycles. The van der Waals surface area contributed by atoms with Crippen molar-refractivity contribution in [3.63, 3.8) is 0 Å². The first kappa shape index (κ1) is 11.2. The van der Waals surface area contributed by atoms with Gasteiger partial charge in [-0.1, -0.05) is 0 Å². The van der Waals surface area contributed by atoms with E-state index < -0.39 is 0 Å². The number of hydrogen-bond acceptors (Lipinski definition) is 3. The second-order valence-corrected chi connectivity index (χ2v) is 4.68. The molecule has 94 valence electrons. The Morgan fingerprint density at radius 1 is 1.56 bits per heavy atom. The minimum atomic E-state index is -0.0489. The third kappa shape index (κ3) is 1.97. The molecule has 0 radical (unpaired) electrons. The topological polar surface area (TPSA) is 59.0 Å². The van der Waals surface area contributed by atoms with Gasteiger partial charge in [0.1, 0.15) is 0 Å². The second-order valence-electron chi connectivity index (χ2n) is 4.68. The molecule has 2 N–H and O–H groups in total. The molecule has 1 saturated heterocycles. The molecule has 1 aliphatic rings. The Labute approximate surface area is 105 Å². The van der Waals surface area contributed by atoms with Crippen LogP contribution in [0.3, 0.4) is 0 Å². The minimum Gasteiger partial charge on any atom is -0.325 e. The average molecular weight is 244 g/mol. The molecule has 1 fully saturated rings. The van der Waals surface area contributed by atoms with Crippen LogP contribution < -0.4 is 10.6 Å². The lowest BCUT2D eigenvalue weighted by atomic mass is 10.2. The number of aromatic nitrogens is 2. The maximum absolute atomic E-state index is 12.0. The Bertz CT molecular complexity index is 584. The van der Waals surface area contributed by atoms with Gasteiger partial charge in [-0.25, -0.2) is 0 Å². The SMILES string of the molecule is Cn1ncc2ccc(NC(=O)C3CCCN3)cc21. The second kappa shape index (κ2) is 4.42. The summed E-state index contributed by atoms with van der Waals surface area (Å²) in [6.07, 6.45) is 3.80. The van der Waals surface area contributed by atoms with Gasteiger partial charge in [-0.15, -0.1) is 0 Å². The Hall–Kier alpha value is -1.88. The number of benzene rings is 1. The quantitative estimate of drug-likeness (QED) is 0.836. The molecule has 0 bridgehead atoms. The summed E-state index contributed by atoms with van der Waals surface area (Å²) < 4.78 is 1.80. The number of nitrogens with zero attached hydrogens (tertiary/aromatic N) is 2. The molecule has 0 saturated carbocycles. The average Bonchev–Trinajstić information content (AvgIpc) is 3.00. The van der Waals surface area contributed by atoms with Gasteiger partial charge in [-0.05, 0) is 37.6 Å². The van der Waals surface area contributed by atoms with Crippen LogP contribution in [-0.4, -0.2) is 28.3 Å². The van der Waals surface area contributed by atoms with Crippen LogP contribution in [0.1, 0.15) is 12.8 Å². The van der Waals surface area contributed by atoms with E-state index in [2.05, 4.69) is 15.7 Å². The molecule has 5 heteroatoms. The highest BCUT2D eigenvalue weighted by atomic mass is 16.2. The van der Waals surface area contributed by atoms with E-state index in [4.69, 9.17) is 0 Å². The van der Waals surface area contributed by atoms with Gasteiger partial charge in [0, 0.05) is 18.1 Å². The summed E-state index contributed by atoms with van der Waals surface area (Å²) in [4.78, 5) is 12.0. The number of fused-ring (bicyclic) bond motifs is 1. The predicted octanol–water partition coefficient (Wildman–Crippen LogP) is 1.26. The fraction of sp³-hybridized carbons (Fsp3) is 0.385. The summed E-state index contributed by atoms with van der Waals surface area (Å²) in [6.45, 7) is 0.929. The highest BCUT2D eigenvalue weighted by molar-refractivity contribution is 5.96. The van der Waals surface area contributed by atoms with E-state index in [1.54, 1.807) is 4.68 Å². The van der Waals surface area contributed by atoms with Crippen molar-refractivity contribution in [3.8, 4) is 0 Å². The van der Waals surface area contributed by atoms with Gasteiger partial charge in [0.15, 0.2) is 0 Å². The molecule has 1 aromatic heterocycles. The van der Waals surface area contributed by atoms with Crippen molar-refractivity contribution in [2.45, 2.75) is 18.9 Å². The maximum atomic E-state index is 12.0. The molecule has 3 rings (SSSR count). The molecule has 1 amide bonds. The Kier molecular flexibility index (Phi) is 2.76. The van der Waals surface area contributed by atoms with Crippen LogP contribution in [0.15, 0.2) is 24.4 Å². The van der Waals surface area contributed by atoms with Crippen LogP contribution >= 0.6 is 0 Å². The van der Waals surface area contributed by atoms with E-state index in [1.165, 1.54) is 0 Å². The first-order chi connectivity index (χ1) is 8.74. The molecule has 2 heterocycles. The van der Waals surface area contributed by atoms with Crippen molar-refractivity contribution >= 4 is 22.5 Å². The molecule has 18 heavy (non-hydrogen) atoms. The van der Waals surface area contributed by atoms with Crippen molar-refractivity contribution in [2.24, 2.45) is 7.05 Å². The Morgan fingerprint density at radius 2 is 2.44 bits per heavy atom. The van der Waals surface area contributed by atoms with Crippen molar-refractivity contribution in [2.75, 3.05) is 11.9 Å². The van der Waals surface area contributed by atoms with Gasteiger partial charge in [0.05, 0.1) is 17.8 Å². The molecule has 1 atom stereocenters. The number of hydrogen-bond donors (Lipinski definition) is 2. The molecular formula is C13H16N4O. The predicted molar refractivity (Wildman–Crippen MR) is 70.4 cm³/mol. The zero-order valence-electron chi connectivity index (χ0n) is 10.3. The van der Waals surface area contributed by atoms with E-state index in [1.807, 2.05) is 31.4 Å². The van der Waals surface area contributed by atoms with Gasteiger partial charge in [-0.2, -0.15) is 5.10 Å². The van der Waals surface area contributed by atoms with E-state index in [0.717, 1.165) is 36.0 Å². The third-order valence-corrected chi connectivity index (χ3v) is 3.39. The molecule has 1 unspecified atom stereocenters. The van der Waals surface area contributed by atoms with Gasteiger partial charge in [0.25, 0.3) is 0 Å². The zero-order chi connectivity index (χ0) is 12.5. The van der Waals surface area contributed by atoms with Crippen LogP contribution in [0.25, 0.3) is 10.9 Å². The van der Waals surface area contributed by atoms with Crippen molar-refractivity contribution in [1.82, 2.24) is 15.1 Å². The minimum absolute atomic E-state index is 0.0489. The number of aryl methyl sites for hydroxylation is 1. The number of rotatable bonds is 2. The highest BCUT2D eigenvalue weighted by Crippen LogP contribution is 2.19. The van der Waals surface area contributed by atoms with Crippen molar-refractivity contribution in [1.29, 1.82) is 0 Å². The fourth-order valence-electron chi connectivity index (χ4n) is 2.36. The summed E-state index contributed by atoms with van der Waals surface area (Å²) in [5.41, 5.74) is 1.84.